The van der Waals surface area contributed by atoms with Crippen molar-refractivity contribution in [2.45, 2.75) is 5.92 Å². The summed E-state index contributed by atoms with van der Waals surface area (Å²) in [6.07, 6.45) is 0. The van der Waals surface area contributed by atoms with Gasteiger partial charge in [0.05, 0.1) is 13.0 Å². The van der Waals surface area contributed by atoms with Crippen LogP contribution in [0.2, 0.25) is 0 Å². The summed E-state index contributed by atoms with van der Waals surface area (Å²) in [5.41, 5.74) is 8.34. The molecule has 0 bridgehead atoms. The Morgan fingerprint density at radius 3 is 2.52 bits per heavy atom. The van der Waals surface area contributed by atoms with Crippen LogP contribution in [-0.2, 0) is 0 Å². The third-order valence-electron chi connectivity index (χ3n) is 4.51. The second kappa shape index (κ2) is 5.88. The number of hydrogen-bond acceptors (Lipinski definition) is 4. The molecular formula is C21H16N2O2. The molecule has 3 aromatic rings. The van der Waals surface area contributed by atoms with Crippen molar-refractivity contribution >= 4 is 10.8 Å². The number of allylic oxidation sites excluding steroid dienone is 1. The molecule has 3 aromatic carbocycles. The van der Waals surface area contributed by atoms with E-state index < -0.39 is 0 Å². The minimum Gasteiger partial charge on any atom is -0.497 e. The molecule has 1 unspecified atom stereocenters. The van der Waals surface area contributed by atoms with Gasteiger partial charge in [-0.3, -0.25) is 0 Å². The third-order valence-corrected chi connectivity index (χ3v) is 4.51. The standard InChI is InChI=1S/C21H16N2O2/c1-24-16-8-4-7-15(9-16)20-17-10-13-5-2-3-6-14(13)11-19(17)25-21(23)18(20)12-22/h2-11,20H,23H2,1H3. The Labute approximate surface area is 145 Å². The number of methoxy groups -OCH3 is 1. The van der Waals surface area contributed by atoms with E-state index in [-0.39, 0.29) is 11.8 Å². The smallest absolute Gasteiger partial charge is 0.205 e. The van der Waals surface area contributed by atoms with Crippen LogP contribution in [0.5, 0.6) is 11.5 Å². The molecule has 0 saturated carbocycles. The lowest BCUT2D eigenvalue weighted by Crippen LogP contribution is -2.21. The van der Waals surface area contributed by atoms with Crippen molar-refractivity contribution in [1.29, 1.82) is 5.26 Å². The molecule has 25 heavy (non-hydrogen) atoms. The molecule has 4 rings (SSSR count). The van der Waals surface area contributed by atoms with Crippen LogP contribution >= 0.6 is 0 Å². The zero-order valence-electron chi connectivity index (χ0n) is 13.7. The van der Waals surface area contributed by atoms with E-state index in [0.717, 1.165) is 27.6 Å². The molecule has 0 saturated heterocycles. The van der Waals surface area contributed by atoms with Crippen LogP contribution in [-0.4, -0.2) is 7.11 Å². The van der Waals surface area contributed by atoms with Crippen LogP contribution < -0.4 is 15.2 Å². The molecule has 1 heterocycles. The molecule has 1 aliphatic heterocycles. The average molecular weight is 328 g/mol. The Bertz CT molecular complexity index is 1050. The summed E-state index contributed by atoms with van der Waals surface area (Å²) >= 11 is 0. The first-order valence-electron chi connectivity index (χ1n) is 7.95. The largest absolute Gasteiger partial charge is 0.497 e. The second-order valence-electron chi connectivity index (χ2n) is 5.94. The zero-order chi connectivity index (χ0) is 17.4. The van der Waals surface area contributed by atoms with Gasteiger partial charge in [0.2, 0.25) is 5.88 Å². The maximum absolute atomic E-state index is 9.66. The van der Waals surface area contributed by atoms with Crippen LogP contribution in [0.15, 0.2) is 72.1 Å². The summed E-state index contributed by atoms with van der Waals surface area (Å²) in [5.74, 6) is 1.29. The number of rotatable bonds is 2. The van der Waals surface area contributed by atoms with Crippen molar-refractivity contribution < 1.29 is 9.47 Å². The molecule has 0 aliphatic carbocycles. The normalized spacial score (nSPS) is 16.1. The summed E-state index contributed by atoms with van der Waals surface area (Å²) < 4.78 is 11.1. The highest BCUT2D eigenvalue weighted by molar-refractivity contribution is 5.86. The lowest BCUT2D eigenvalue weighted by molar-refractivity contribution is 0.393. The van der Waals surface area contributed by atoms with Crippen LogP contribution in [0.3, 0.4) is 0 Å². The number of nitrogens with zero attached hydrogens (tertiary/aromatic N) is 1. The molecule has 4 nitrogen and oxygen atoms in total. The Morgan fingerprint density at radius 1 is 1.04 bits per heavy atom. The molecule has 0 aromatic heterocycles. The van der Waals surface area contributed by atoms with Gasteiger partial charge in [-0.2, -0.15) is 5.26 Å². The molecule has 0 fully saturated rings. The molecule has 4 heteroatoms. The number of hydrogen-bond donors (Lipinski definition) is 1. The number of benzene rings is 3. The van der Waals surface area contributed by atoms with E-state index in [4.69, 9.17) is 15.2 Å². The Hall–Kier alpha value is -3.45. The SMILES string of the molecule is COc1cccc(C2C(C#N)=C(N)Oc3cc4ccccc4cc32)c1. The van der Waals surface area contributed by atoms with Crippen LogP contribution in [0.1, 0.15) is 17.0 Å². The average Bonchev–Trinajstić information content (AvgIpc) is 2.65. The Morgan fingerprint density at radius 2 is 1.80 bits per heavy atom. The Balaban J connectivity index is 1.98. The summed E-state index contributed by atoms with van der Waals surface area (Å²) in [5, 5.41) is 11.8. The fraction of sp³-hybridized carbons (Fsp3) is 0.0952. The number of nitrogens with two attached hydrogens (primary N) is 1. The van der Waals surface area contributed by atoms with E-state index in [0.29, 0.717) is 11.3 Å². The quantitative estimate of drug-likeness (QED) is 0.770. The van der Waals surface area contributed by atoms with Crippen LogP contribution in [0, 0.1) is 11.3 Å². The fourth-order valence-electron chi connectivity index (χ4n) is 3.31. The first-order valence-corrected chi connectivity index (χ1v) is 7.95. The highest BCUT2D eigenvalue weighted by atomic mass is 16.5. The minimum atomic E-state index is -0.284. The monoisotopic (exact) mass is 328 g/mol. The zero-order valence-corrected chi connectivity index (χ0v) is 13.7. The van der Waals surface area contributed by atoms with E-state index in [2.05, 4.69) is 12.1 Å². The van der Waals surface area contributed by atoms with Gasteiger partial charge in [0.25, 0.3) is 0 Å². The minimum absolute atomic E-state index is 0.151. The van der Waals surface area contributed by atoms with Gasteiger partial charge >= 0.3 is 0 Å². The van der Waals surface area contributed by atoms with E-state index in [1.165, 1.54) is 0 Å². The summed E-state index contributed by atoms with van der Waals surface area (Å²) in [6, 6.07) is 22.0. The first-order chi connectivity index (χ1) is 12.2. The summed E-state index contributed by atoms with van der Waals surface area (Å²) in [4.78, 5) is 0. The van der Waals surface area contributed by atoms with Gasteiger partial charge in [0.1, 0.15) is 23.1 Å². The van der Waals surface area contributed by atoms with Gasteiger partial charge < -0.3 is 15.2 Å². The van der Waals surface area contributed by atoms with Crippen molar-refractivity contribution in [3.05, 3.63) is 83.2 Å². The second-order valence-corrected chi connectivity index (χ2v) is 5.94. The highest BCUT2D eigenvalue weighted by Crippen LogP contribution is 2.44. The predicted octanol–water partition coefficient (Wildman–Crippen LogP) is 4.07. The lowest BCUT2D eigenvalue weighted by Gasteiger charge is -2.27. The fourth-order valence-corrected chi connectivity index (χ4v) is 3.31. The summed E-state index contributed by atoms with van der Waals surface area (Å²) in [6.45, 7) is 0. The highest BCUT2D eigenvalue weighted by Gasteiger charge is 2.31. The van der Waals surface area contributed by atoms with Gasteiger partial charge in [0.15, 0.2) is 0 Å². The lowest BCUT2D eigenvalue weighted by atomic mass is 9.82. The van der Waals surface area contributed by atoms with Gasteiger partial charge in [-0.1, -0.05) is 36.4 Å². The van der Waals surface area contributed by atoms with Crippen LogP contribution in [0.4, 0.5) is 0 Å². The van der Waals surface area contributed by atoms with Crippen LogP contribution in [0.25, 0.3) is 10.8 Å². The molecule has 1 atom stereocenters. The van der Waals surface area contributed by atoms with Crippen molar-refractivity contribution in [3.63, 3.8) is 0 Å². The van der Waals surface area contributed by atoms with E-state index in [1.807, 2.05) is 54.6 Å². The number of ether oxygens (including phenoxy) is 2. The van der Waals surface area contributed by atoms with Gasteiger partial charge in [-0.05, 0) is 40.6 Å². The molecule has 1 aliphatic rings. The first kappa shape index (κ1) is 15.1. The molecule has 0 spiro atoms. The Kier molecular flexibility index (Phi) is 3.55. The van der Waals surface area contributed by atoms with E-state index in [1.54, 1.807) is 7.11 Å². The molecule has 122 valence electrons. The van der Waals surface area contributed by atoms with Gasteiger partial charge in [-0.15, -0.1) is 0 Å². The molecule has 2 N–H and O–H groups in total. The topological polar surface area (TPSA) is 68.3 Å². The van der Waals surface area contributed by atoms with E-state index >= 15 is 0 Å². The number of nitriles is 1. The number of fused-ring (bicyclic) bond motifs is 2. The van der Waals surface area contributed by atoms with E-state index in [9.17, 15) is 5.26 Å². The molecule has 0 amide bonds. The maximum Gasteiger partial charge on any atom is 0.205 e. The predicted molar refractivity (Wildman–Crippen MR) is 96.2 cm³/mol. The molecule has 0 radical (unpaired) electrons. The molecular weight excluding hydrogens is 312 g/mol. The summed E-state index contributed by atoms with van der Waals surface area (Å²) in [7, 11) is 1.62. The van der Waals surface area contributed by atoms with Gasteiger partial charge in [0, 0.05) is 5.56 Å². The van der Waals surface area contributed by atoms with Gasteiger partial charge in [-0.25, -0.2) is 0 Å². The maximum atomic E-state index is 9.66. The van der Waals surface area contributed by atoms with Crippen molar-refractivity contribution in [2.24, 2.45) is 5.73 Å². The van der Waals surface area contributed by atoms with Crippen molar-refractivity contribution in [3.8, 4) is 17.6 Å². The van der Waals surface area contributed by atoms with Crippen molar-refractivity contribution in [1.82, 2.24) is 0 Å². The third kappa shape index (κ3) is 2.47. The van der Waals surface area contributed by atoms with Crippen molar-refractivity contribution in [2.75, 3.05) is 7.11 Å².